The third kappa shape index (κ3) is 3.00. The zero-order valence-electron chi connectivity index (χ0n) is 12.6. The van der Waals surface area contributed by atoms with Gasteiger partial charge in [-0.3, -0.25) is 0 Å². The van der Waals surface area contributed by atoms with Crippen LogP contribution in [-0.2, 0) is 6.54 Å². The molecule has 0 radical (unpaired) electrons. The van der Waals surface area contributed by atoms with Gasteiger partial charge < -0.3 is 10.1 Å². The number of para-hydroxylation sites is 1. The summed E-state index contributed by atoms with van der Waals surface area (Å²) in [6.07, 6.45) is 0. The van der Waals surface area contributed by atoms with Gasteiger partial charge in [-0.05, 0) is 36.8 Å². The quantitative estimate of drug-likeness (QED) is 0.750. The van der Waals surface area contributed by atoms with Gasteiger partial charge in [0.2, 0.25) is 0 Å². The van der Waals surface area contributed by atoms with Crippen LogP contribution in [0.15, 0.2) is 48.5 Å². The van der Waals surface area contributed by atoms with Crippen LogP contribution in [0.2, 0.25) is 5.02 Å². The van der Waals surface area contributed by atoms with Gasteiger partial charge >= 0.3 is 0 Å². The monoisotopic (exact) mass is 312 g/mol. The van der Waals surface area contributed by atoms with Crippen molar-refractivity contribution in [3.05, 3.63) is 64.7 Å². The molecule has 3 nitrogen and oxygen atoms in total. The number of methoxy groups -OCH3 is 1. The summed E-state index contributed by atoms with van der Waals surface area (Å²) in [4.78, 5) is 4.63. The molecule has 0 unspecified atom stereocenters. The maximum atomic E-state index is 6.06. The Morgan fingerprint density at radius 3 is 2.77 bits per heavy atom. The Balaban J connectivity index is 1.88. The second kappa shape index (κ2) is 6.24. The lowest BCUT2D eigenvalue weighted by Crippen LogP contribution is -2.03. The standard InChI is InChI=1S/C18H17ClN2O/c1-12-9-18(21-16-10-14(19)7-8-15(12)16)20-11-13-5-3-4-6-17(13)22-2/h3-10H,11H2,1-2H3,(H,20,21). The van der Waals surface area contributed by atoms with E-state index < -0.39 is 0 Å². The van der Waals surface area contributed by atoms with E-state index in [1.54, 1.807) is 7.11 Å². The number of fused-ring (bicyclic) bond motifs is 1. The zero-order chi connectivity index (χ0) is 15.5. The number of ether oxygens (including phenoxy) is 1. The van der Waals surface area contributed by atoms with Crippen molar-refractivity contribution < 1.29 is 4.74 Å². The first-order valence-corrected chi connectivity index (χ1v) is 7.48. The SMILES string of the molecule is COc1ccccc1CNc1cc(C)c2ccc(Cl)cc2n1. The molecule has 0 spiro atoms. The summed E-state index contributed by atoms with van der Waals surface area (Å²) in [5.74, 6) is 1.70. The number of halogens is 1. The molecule has 2 aromatic carbocycles. The van der Waals surface area contributed by atoms with Crippen molar-refractivity contribution in [2.45, 2.75) is 13.5 Å². The average Bonchev–Trinajstić information content (AvgIpc) is 2.52. The van der Waals surface area contributed by atoms with Crippen molar-refractivity contribution in [3.8, 4) is 5.75 Å². The third-order valence-corrected chi connectivity index (χ3v) is 3.87. The van der Waals surface area contributed by atoms with Crippen LogP contribution in [0.1, 0.15) is 11.1 Å². The number of anilines is 1. The van der Waals surface area contributed by atoms with Gasteiger partial charge in [-0.15, -0.1) is 0 Å². The molecule has 22 heavy (non-hydrogen) atoms. The molecule has 1 N–H and O–H groups in total. The van der Waals surface area contributed by atoms with Gasteiger partial charge in [0.1, 0.15) is 11.6 Å². The molecule has 0 amide bonds. The first kappa shape index (κ1) is 14.7. The van der Waals surface area contributed by atoms with Crippen LogP contribution < -0.4 is 10.1 Å². The molecule has 0 bridgehead atoms. The molecule has 3 aromatic rings. The molecule has 4 heteroatoms. The van der Waals surface area contributed by atoms with E-state index in [1.165, 1.54) is 5.56 Å². The third-order valence-electron chi connectivity index (χ3n) is 3.63. The van der Waals surface area contributed by atoms with Crippen LogP contribution in [0.5, 0.6) is 5.75 Å². The Morgan fingerprint density at radius 2 is 1.95 bits per heavy atom. The van der Waals surface area contributed by atoms with Crippen molar-refractivity contribution in [3.63, 3.8) is 0 Å². The summed E-state index contributed by atoms with van der Waals surface area (Å²) in [5.41, 5.74) is 3.16. The smallest absolute Gasteiger partial charge is 0.127 e. The van der Waals surface area contributed by atoms with Gasteiger partial charge in [0, 0.05) is 22.5 Å². The number of benzene rings is 2. The van der Waals surface area contributed by atoms with Crippen molar-refractivity contribution in [2.24, 2.45) is 0 Å². The fourth-order valence-corrected chi connectivity index (χ4v) is 2.67. The van der Waals surface area contributed by atoms with Crippen LogP contribution in [-0.4, -0.2) is 12.1 Å². The molecule has 0 fully saturated rings. The molecule has 0 saturated heterocycles. The molecule has 112 valence electrons. The number of hydrogen-bond acceptors (Lipinski definition) is 3. The summed E-state index contributed by atoms with van der Waals surface area (Å²) in [6.45, 7) is 2.73. The Morgan fingerprint density at radius 1 is 1.14 bits per heavy atom. The molecule has 0 saturated carbocycles. The van der Waals surface area contributed by atoms with Crippen LogP contribution in [0, 0.1) is 6.92 Å². The summed E-state index contributed by atoms with van der Waals surface area (Å²) in [7, 11) is 1.68. The second-order valence-electron chi connectivity index (χ2n) is 5.15. The van der Waals surface area contributed by atoms with E-state index in [2.05, 4.69) is 17.2 Å². The summed E-state index contributed by atoms with van der Waals surface area (Å²) >= 11 is 6.06. The van der Waals surface area contributed by atoms with E-state index >= 15 is 0 Å². The highest BCUT2D eigenvalue weighted by atomic mass is 35.5. The van der Waals surface area contributed by atoms with E-state index in [9.17, 15) is 0 Å². The Labute approximate surface area is 134 Å². The predicted molar refractivity (Wildman–Crippen MR) is 91.8 cm³/mol. The van der Waals surface area contributed by atoms with Crippen LogP contribution in [0.3, 0.4) is 0 Å². The maximum absolute atomic E-state index is 6.06. The Bertz CT molecular complexity index is 817. The predicted octanol–water partition coefficient (Wildman–Crippen LogP) is 4.82. The van der Waals surface area contributed by atoms with Crippen LogP contribution in [0.4, 0.5) is 5.82 Å². The Kier molecular flexibility index (Phi) is 4.16. The van der Waals surface area contributed by atoms with Crippen molar-refractivity contribution in [2.75, 3.05) is 12.4 Å². The van der Waals surface area contributed by atoms with Gasteiger partial charge in [-0.25, -0.2) is 4.98 Å². The molecular formula is C18H17ClN2O. The van der Waals surface area contributed by atoms with Gasteiger partial charge in [-0.2, -0.15) is 0 Å². The lowest BCUT2D eigenvalue weighted by molar-refractivity contribution is 0.410. The lowest BCUT2D eigenvalue weighted by Gasteiger charge is -2.11. The zero-order valence-corrected chi connectivity index (χ0v) is 13.3. The molecule has 3 rings (SSSR count). The lowest BCUT2D eigenvalue weighted by atomic mass is 10.1. The molecule has 0 atom stereocenters. The number of nitrogens with one attached hydrogen (secondary N) is 1. The molecule has 0 aliphatic heterocycles. The average molecular weight is 313 g/mol. The highest BCUT2D eigenvalue weighted by molar-refractivity contribution is 6.31. The topological polar surface area (TPSA) is 34.1 Å². The number of aryl methyl sites for hydroxylation is 1. The molecular weight excluding hydrogens is 296 g/mol. The fourth-order valence-electron chi connectivity index (χ4n) is 2.50. The van der Waals surface area contributed by atoms with Gasteiger partial charge in [0.25, 0.3) is 0 Å². The van der Waals surface area contributed by atoms with Crippen molar-refractivity contribution in [1.82, 2.24) is 4.98 Å². The first-order chi connectivity index (χ1) is 10.7. The van der Waals surface area contributed by atoms with Crippen molar-refractivity contribution in [1.29, 1.82) is 0 Å². The highest BCUT2D eigenvalue weighted by Crippen LogP contribution is 2.24. The number of rotatable bonds is 4. The number of pyridine rings is 1. The van der Waals surface area contributed by atoms with Gasteiger partial charge in [-0.1, -0.05) is 35.9 Å². The van der Waals surface area contributed by atoms with Gasteiger partial charge in [0.15, 0.2) is 0 Å². The number of hydrogen-bond donors (Lipinski definition) is 1. The van der Waals surface area contributed by atoms with E-state index in [-0.39, 0.29) is 0 Å². The van der Waals surface area contributed by atoms with E-state index in [1.807, 2.05) is 48.5 Å². The fraction of sp³-hybridized carbons (Fsp3) is 0.167. The van der Waals surface area contributed by atoms with Crippen LogP contribution >= 0.6 is 11.6 Å². The van der Waals surface area contributed by atoms with E-state index in [4.69, 9.17) is 16.3 Å². The molecule has 1 aromatic heterocycles. The van der Waals surface area contributed by atoms with Crippen LogP contribution in [0.25, 0.3) is 10.9 Å². The van der Waals surface area contributed by atoms with Gasteiger partial charge in [0.05, 0.1) is 12.6 Å². The minimum Gasteiger partial charge on any atom is -0.496 e. The molecule has 0 aliphatic carbocycles. The largest absolute Gasteiger partial charge is 0.496 e. The second-order valence-corrected chi connectivity index (χ2v) is 5.59. The summed E-state index contributed by atoms with van der Waals surface area (Å²) in [5, 5.41) is 5.17. The first-order valence-electron chi connectivity index (χ1n) is 7.10. The highest BCUT2D eigenvalue weighted by Gasteiger charge is 2.05. The maximum Gasteiger partial charge on any atom is 0.127 e. The minimum absolute atomic E-state index is 0.655. The molecule has 0 aliphatic rings. The van der Waals surface area contributed by atoms with E-state index in [0.29, 0.717) is 11.6 Å². The number of nitrogens with zero attached hydrogens (tertiary/aromatic N) is 1. The normalized spacial score (nSPS) is 10.7. The van der Waals surface area contributed by atoms with E-state index in [0.717, 1.165) is 28.0 Å². The van der Waals surface area contributed by atoms with Crippen molar-refractivity contribution >= 4 is 28.3 Å². The minimum atomic E-state index is 0.655. The summed E-state index contributed by atoms with van der Waals surface area (Å²) in [6, 6.07) is 15.8. The molecule has 1 heterocycles. The Hall–Kier alpha value is -2.26. The summed E-state index contributed by atoms with van der Waals surface area (Å²) < 4.78 is 5.37. The number of aromatic nitrogens is 1.